The maximum atomic E-state index is 13.5. The summed E-state index contributed by atoms with van der Waals surface area (Å²) in [5, 5.41) is 9.73. The molecule has 0 radical (unpaired) electrons. The normalized spacial score (nSPS) is 15.7. The van der Waals surface area contributed by atoms with Crippen LogP contribution in [0.3, 0.4) is 0 Å². The minimum atomic E-state index is -4.08. The van der Waals surface area contributed by atoms with Crippen LogP contribution in [0.4, 0.5) is 5.82 Å². The molecular formula is C24H24N4O3S. The fourth-order valence-electron chi connectivity index (χ4n) is 3.92. The van der Waals surface area contributed by atoms with E-state index in [1.54, 1.807) is 36.5 Å². The minimum absolute atomic E-state index is 0.00541. The van der Waals surface area contributed by atoms with E-state index in [9.17, 15) is 18.5 Å². The van der Waals surface area contributed by atoms with Crippen molar-refractivity contribution in [3.05, 3.63) is 75.0 Å². The summed E-state index contributed by atoms with van der Waals surface area (Å²) in [5.74, 6) is 0.994. The van der Waals surface area contributed by atoms with Gasteiger partial charge in [0.1, 0.15) is 22.4 Å². The van der Waals surface area contributed by atoms with Crippen LogP contribution in [0.2, 0.25) is 0 Å². The number of fused-ring (bicyclic) bond motifs is 1. The lowest BCUT2D eigenvalue weighted by Gasteiger charge is -2.32. The summed E-state index contributed by atoms with van der Waals surface area (Å²) < 4.78 is 27.6. The number of sulfone groups is 1. The molecule has 8 heteroatoms. The lowest BCUT2D eigenvalue weighted by molar-refractivity contribution is 0.436. The minimum Gasteiger partial charge on any atom is -0.356 e. The van der Waals surface area contributed by atoms with Gasteiger partial charge in [-0.15, -0.1) is 0 Å². The summed E-state index contributed by atoms with van der Waals surface area (Å²) in [6.45, 7) is 5.48. The molecule has 0 saturated carbocycles. The van der Waals surface area contributed by atoms with E-state index in [0.717, 1.165) is 18.4 Å². The van der Waals surface area contributed by atoms with E-state index < -0.39 is 20.3 Å². The molecule has 7 nitrogen and oxygen atoms in total. The Morgan fingerprint density at radius 3 is 2.50 bits per heavy atom. The van der Waals surface area contributed by atoms with E-state index in [1.807, 2.05) is 17.9 Å². The zero-order valence-electron chi connectivity index (χ0n) is 18.0. The molecule has 164 valence electrons. The van der Waals surface area contributed by atoms with Crippen LogP contribution in [0.5, 0.6) is 0 Å². The van der Waals surface area contributed by atoms with Crippen LogP contribution in [0.15, 0.2) is 63.3 Å². The maximum absolute atomic E-state index is 13.5. The first-order valence-corrected chi connectivity index (χ1v) is 12.0. The van der Waals surface area contributed by atoms with E-state index in [-0.39, 0.29) is 10.5 Å². The third-order valence-electron chi connectivity index (χ3n) is 5.88. The van der Waals surface area contributed by atoms with Crippen molar-refractivity contribution in [2.45, 2.75) is 31.6 Å². The second-order valence-electron chi connectivity index (χ2n) is 8.15. The average molecular weight is 449 g/mol. The summed E-state index contributed by atoms with van der Waals surface area (Å²) in [6, 6.07) is 13.2. The van der Waals surface area contributed by atoms with Crippen molar-refractivity contribution in [1.82, 2.24) is 9.38 Å². The van der Waals surface area contributed by atoms with Crippen LogP contribution < -0.4 is 10.5 Å². The molecule has 0 bridgehead atoms. The number of pyridine rings is 1. The van der Waals surface area contributed by atoms with Crippen LogP contribution in [-0.2, 0) is 9.84 Å². The molecule has 0 atom stereocenters. The molecule has 1 fully saturated rings. The van der Waals surface area contributed by atoms with Crippen LogP contribution in [-0.4, -0.2) is 30.9 Å². The van der Waals surface area contributed by atoms with E-state index in [0.29, 0.717) is 30.5 Å². The molecule has 0 unspecified atom stereocenters. The topological polar surface area (TPSA) is 95.5 Å². The number of aromatic nitrogens is 2. The Labute approximate surface area is 187 Å². The predicted molar refractivity (Wildman–Crippen MR) is 124 cm³/mol. The second kappa shape index (κ2) is 8.60. The van der Waals surface area contributed by atoms with Crippen molar-refractivity contribution < 1.29 is 8.42 Å². The number of nitrogens with zero attached hydrogens (tertiary/aromatic N) is 4. The number of hydrogen-bond acceptors (Lipinski definition) is 6. The molecule has 0 spiro atoms. The monoisotopic (exact) mass is 448 g/mol. The first-order chi connectivity index (χ1) is 15.3. The van der Waals surface area contributed by atoms with E-state index >= 15 is 0 Å². The van der Waals surface area contributed by atoms with Gasteiger partial charge < -0.3 is 4.90 Å². The lowest BCUT2D eigenvalue weighted by Crippen LogP contribution is -2.36. The van der Waals surface area contributed by atoms with Gasteiger partial charge in [0.25, 0.3) is 5.56 Å². The van der Waals surface area contributed by atoms with E-state index in [4.69, 9.17) is 4.98 Å². The van der Waals surface area contributed by atoms with Gasteiger partial charge in [0.2, 0.25) is 9.84 Å². The Kier molecular flexibility index (Phi) is 5.85. The van der Waals surface area contributed by atoms with Crippen molar-refractivity contribution in [2.75, 3.05) is 18.0 Å². The maximum Gasteiger partial charge on any atom is 0.267 e. The first kappa shape index (κ1) is 21.8. The van der Waals surface area contributed by atoms with Gasteiger partial charge in [-0.2, -0.15) is 5.26 Å². The Hall–Kier alpha value is -3.44. The Balaban J connectivity index is 1.96. The number of aryl methyl sites for hydroxylation is 1. The number of rotatable bonds is 4. The molecule has 32 heavy (non-hydrogen) atoms. The van der Waals surface area contributed by atoms with Crippen LogP contribution in [0.25, 0.3) is 11.7 Å². The fraction of sp³-hybridized carbons (Fsp3) is 0.292. The van der Waals surface area contributed by atoms with Crippen molar-refractivity contribution in [3.8, 4) is 6.07 Å². The molecule has 0 aliphatic carbocycles. The summed E-state index contributed by atoms with van der Waals surface area (Å²) >= 11 is 0. The highest BCUT2D eigenvalue weighted by atomic mass is 32.2. The van der Waals surface area contributed by atoms with Gasteiger partial charge in [0.15, 0.2) is 0 Å². The smallest absolute Gasteiger partial charge is 0.267 e. The number of allylic oxidation sites excluding steroid dienone is 1. The largest absolute Gasteiger partial charge is 0.356 e. The van der Waals surface area contributed by atoms with Gasteiger partial charge in [-0.05, 0) is 55.5 Å². The molecule has 2 aromatic heterocycles. The highest BCUT2D eigenvalue weighted by molar-refractivity contribution is 7.95. The number of piperidine rings is 1. The third kappa shape index (κ3) is 3.92. The van der Waals surface area contributed by atoms with Gasteiger partial charge in [-0.3, -0.25) is 9.20 Å². The zero-order valence-corrected chi connectivity index (χ0v) is 18.8. The summed E-state index contributed by atoms with van der Waals surface area (Å²) in [6.07, 6.45) is 4.69. The molecule has 4 rings (SSSR count). The highest BCUT2D eigenvalue weighted by Crippen LogP contribution is 2.27. The molecule has 1 aliphatic heterocycles. The first-order valence-electron chi connectivity index (χ1n) is 10.5. The van der Waals surface area contributed by atoms with E-state index in [2.05, 4.69) is 6.92 Å². The highest BCUT2D eigenvalue weighted by Gasteiger charge is 2.26. The fourth-order valence-corrected chi connectivity index (χ4v) is 5.08. The van der Waals surface area contributed by atoms with E-state index in [1.165, 1.54) is 22.6 Å². The average Bonchev–Trinajstić information content (AvgIpc) is 2.80. The number of hydrogen-bond donors (Lipinski definition) is 0. The van der Waals surface area contributed by atoms with Gasteiger partial charge in [0.05, 0.1) is 10.5 Å². The Bertz CT molecular complexity index is 1390. The molecule has 1 aromatic carbocycles. The number of nitriles is 1. The molecule has 3 aromatic rings. The van der Waals surface area contributed by atoms with Crippen LogP contribution in [0, 0.1) is 24.2 Å². The number of anilines is 1. The molecule has 0 amide bonds. The molecular weight excluding hydrogens is 424 g/mol. The quantitative estimate of drug-likeness (QED) is 0.566. The molecule has 0 N–H and O–H groups in total. The summed E-state index contributed by atoms with van der Waals surface area (Å²) in [4.78, 5) is 19.8. The summed E-state index contributed by atoms with van der Waals surface area (Å²) in [5.41, 5.74) is 1.07. The van der Waals surface area contributed by atoms with Crippen molar-refractivity contribution >= 4 is 27.4 Å². The predicted octanol–water partition coefficient (Wildman–Crippen LogP) is 3.58. The van der Waals surface area contributed by atoms with Gasteiger partial charge in [-0.25, -0.2) is 13.4 Å². The lowest BCUT2D eigenvalue weighted by atomic mass is 9.99. The SMILES string of the molecule is Cc1cccn2c(=O)c(/C=C(/C#N)S(=O)(=O)c3ccccc3)c(N3CCC(C)CC3)nc12. The summed E-state index contributed by atoms with van der Waals surface area (Å²) in [7, 11) is -4.08. The van der Waals surface area contributed by atoms with Crippen molar-refractivity contribution in [3.63, 3.8) is 0 Å². The van der Waals surface area contributed by atoms with Crippen LogP contribution >= 0.6 is 0 Å². The van der Waals surface area contributed by atoms with Gasteiger partial charge >= 0.3 is 0 Å². The van der Waals surface area contributed by atoms with Crippen LogP contribution in [0.1, 0.15) is 30.9 Å². The second-order valence-corrected chi connectivity index (χ2v) is 10.1. The standard InChI is InChI=1S/C24H24N4O3S/c1-17-10-13-27(14-11-17)23-21(24(29)28-12-6-7-18(2)22(28)26-23)15-20(16-25)32(30,31)19-8-4-3-5-9-19/h3-9,12,15,17H,10-11,13-14H2,1-2H3/b20-15-. The molecule has 3 heterocycles. The third-order valence-corrected chi connectivity index (χ3v) is 7.56. The van der Waals surface area contributed by atoms with Crippen molar-refractivity contribution in [2.24, 2.45) is 5.92 Å². The van der Waals surface area contributed by atoms with Crippen molar-refractivity contribution in [1.29, 1.82) is 5.26 Å². The Morgan fingerprint density at radius 1 is 1.16 bits per heavy atom. The zero-order chi connectivity index (χ0) is 22.9. The van der Waals surface area contributed by atoms with Gasteiger partial charge in [-0.1, -0.05) is 31.2 Å². The van der Waals surface area contributed by atoms with Gasteiger partial charge in [0, 0.05) is 19.3 Å². The molecule has 1 saturated heterocycles. The molecule has 1 aliphatic rings. The Morgan fingerprint density at radius 2 is 1.84 bits per heavy atom. The number of benzene rings is 1.